The van der Waals surface area contributed by atoms with Crippen LogP contribution >= 0.6 is 0 Å². The minimum absolute atomic E-state index is 0.138. The summed E-state index contributed by atoms with van der Waals surface area (Å²) >= 11 is 0. The fourth-order valence-electron chi connectivity index (χ4n) is 2.19. The molecule has 1 saturated heterocycles. The van der Waals surface area contributed by atoms with Gasteiger partial charge in [-0.2, -0.15) is 0 Å². The van der Waals surface area contributed by atoms with E-state index in [1.54, 1.807) is 0 Å². The molecule has 2 rings (SSSR count). The third-order valence-electron chi connectivity index (χ3n) is 3.48. The second-order valence-corrected chi connectivity index (χ2v) is 7.34. The van der Waals surface area contributed by atoms with E-state index >= 15 is 0 Å². The Morgan fingerprint density at radius 2 is 2.05 bits per heavy atom. The molecular formula is C14H17FO4S. The van der Waals surface area contributed by atoms with Crippen LogP contribution < -0.4 is 0 Å². The number of hydrogen-bond acceptors (Lipinski definition) is 4. The zero-order chi connectivity index (χ0) is 14.8. The van der Waals surface area contributed by atoms with Gasteiger partial charge < -0.3 is 4.74 Å². The topological polar surface area (TPSA) is 60.4 Å². The Morgan fingerprint density at radius 3 is 2.60 bits per heavy atom. The quantitative estimate of drug-likeness (QED) is 0.780. The van der Waals surface area contributed by atoms with E-state index in [0.29, 0.717) is 13.0 Å². The average Bonchev–Trinajstić information content (AvgIpc) is 2.90. The number of sulfone groups is 1. The molecule has 0 amide bonds. The van der Waals surface area contributed by atoms with Gasteiger partial charge in [-0.1, -0.05) is 0 Å². The molecule has 2 unspecified atom stereocenters. The molecule has 0 N–H and O–H groups in total. The number of hydrogen-bond donors (Lipinski definition) is 0. The second-order valence-electron chi connectivity index (χ2n) is 4.98. The lowest BCUT2D eigenvalue weighted by Gasteiger charge is -2.15. The van der Waals surface area contributed by atoms with Crippen molar-refractivity contribution >= 4 is 15.6 Å². The first-order valence-corrected chi connectivity index (χ1v) is 8.24. The van der Waals surface area contributed by atoms with Gasteiger partial charge in [-0.05, 0) is 44.0 Å². The molecule has 0 aromatic heterocycles. The van der Waals surface area contributed by atoms with Gasteiger partial charge in [-0.3, -0.25) is 4.79 Å². The van der Waals surface area contributed by atoms with E-state index in [1.807, 2.05) is 0 Å². The van der Waals surface area contributed by atoms with Crippen molar-refractivity contribution in [3.63, 3.8) is 0 Å². The van der Waals surface area contributed by atoms with Crippen molar-refractivity contribution in [1.29, 1.82) is 0 Å². The van der Waals surface area contributed by atoms with Crippen LogP contribution in [0, 0.1) is 5.82 Å². The summed E-state index contributed by atoms with van der Waals surface area (Å²) in [6, 6.07) is 4.89. The van der Waals surface area contributed by atoms with Gasteiger partial charge in [0.15, 0.2) is 15.6 Å². The molecule has 0 radical (unpaired) electrons. The summed E-state index contributed by atoms with van der Waals surface area (Å²) < 4.78 is 42.5. The summed E-state index contributed by atoms with van der Waals surface area (Å²) in [6.45, 7) is 1.94. The van der Waals surface area contributed by atoms with Gasteiger partial charge in [0.05, 0.1) is 11.9 Å². The minimum Gasteiger partial charge on any atom is -0.377 e. The van der Waals surface area contributed by atoms with E-state index < -0.39 is 26.7 Å². The van der Waals surface area contributed by atoms with Crippen molar-refractivity contribution in [2.75, 3.05) is 12.4 Å². The van der Waals surface area contributed by atoms with E-state index in [2.05, 4.69) is 0 Å². The fourth-order valence-corrected chi connectivity index (χ4v) is 3.72. The standard InChI is InChI=1S/C14H17FO4S/c1-10(14(16)11-4-6-12(15)7-5-11)20(17,18)9-13-3-2-8-19-13/h4-7,10,13H,2-3,8-9H2,1H3. The number of ether oxygens (including phenoxy) is 1. The van der Waals surface area contributed by atoms with Crippen LogP contribution in [0.3, 0.4) is 0 Å². The molecule has 2 atom stereocenters. The van der Waals surface area contributed by atoms with Crippen molar-refractivity contribution in [3.05, 3.63) is 35.6 Å². The molecule has 4 nitrogen and oxygen atoms in total. The molecule has 1 fully saturated rings. The van der Waals surface area contributed by atoms with Gasteiger partial charge in [0.2, 0.25) is 0 Å². The first kappa shape index (κ1) is 15.1. The van der Waals surface area contributed by atoms with Crippen LogP contribution in [0.5, 0.6) is 0 Å². The highest BCUT2D eigenvalue weighted by Crippen LogP contribution is 2.18. The molecule has 110 valence electrons. The number of carbonyl (C=O) groups is 1. The van der Waals surface area contributed by atoms with E-state index in [4.69, 9.17) is 4.74 Å². The van der Waals surface area contributed by atoms with Crippen LogP contribution in [0.1, 0.15) is 30.1 Å². The van der Waals surface area contributed by atoms with Gasteiger partial charge in [0.25, 0.3) is 0 Å². The second kappa shape index (κ2) is 6.01. The number of carbonyl (C=O) groups excluding carboxylic acids is 1. The summed E-state index contributed by atoms with van der Waals surface area (Å²) in [7, 11) is -3.57. The van der Waals surface area contributed by atoms with Crippen LogP contribution in [0.15, 0.2) is 24.3 Å². The van der Waals surface area contributed by atoms with Gasteiger partial charge in [-0.15, -0.1) is 0 Å². The van der Waals surface area contributed by atoms with Crippen molar-refractivity contribution in [3.8, 4) is 0 Å². The van der Waals surface area contributed by atoms with Crippen molar-refractivity contribution in [1.82, 2.24) is 0 Å². The molecule has 1 aromatic rings. The van der Waals surface area contributed by atoms with Crippen molar-refractivity contribution in [2.24, 2.45) is 0 Å². The summed E-state index contributed by atoms with van der Waals surface area (Å²) in [5.74, 6) is -1.11. The number of ketones is 1. The molecule has 0 aliphatic carbocycles. The molecule has 1 aromatic carbocycles. The van der Waals surface area contributed by atoms with Gasteiger partial charge in [0.1, 0.15) is 11.1 Å². The Balaban J connectivity index is 2.10. The van der Waals surface area contributed by atoms with E-state index in [1.165, 1.54) is 19.1 Å². The first-order chi connectivity index (χ1) is 9.40. The van der Waals surface area contributed by atoms with Crippen LogP contribution in [0.25, 0.3) is 0 Å². The van der Waals surface area contributed by atoms with E-state index in [9.17, 15) is 17.6 Å². The van der Waals surface area contributed by atoms with Crippen LogP contribution in [-0.2, 0) is 14.6 Å². The maximum atomic E-state index is 12.8. The molecule has 6 heteroatoms. The number of rotatable bonds is 5. The predicted octanol–water partition coefficient (Wildman–Crippen LogP) is 1.99. The largest absolute Gasteiger partial charge is 0.377 e. The lowest BCUT2D eigenvalue weighted by atomic mass is 10.1. The molecule has 0 spiro atoms. The lowest BCUT2D eigenvalue weighted by molar-refractivity contribution is 0.0990. The maximum absolute atomic E-state index is 12.8. The molecule has 0 saturated carbocycles. The monoisotopic (exact) mass is 300 g/mol. The molecule has 1 aliphatic rings. The Hall–Kier alpha value is -1.27. The summed E-state index contributed by atoms with van der Waals surface area (Å²) in [5, 5.41) is -1.14. The van der Waals surface area contributed by atoms with Crippen molar-refractivity contribution < 1.29 is 22.3 Å². The summed E-state index contributed by atoms with van der Waals surface area (Å²) in [6.07, 6.45) is 1.24. The van der Waals surface area contributed by atoms with Crippen LogP contribution in [0.2, 0.25) is 0 Å². The van der Waals surface area contributed by atoms with E-state index in [0.717, 1.165) is 18.6 Å². The highest BCUT2D eigenvalue weighted by molar-refractivity contribution is 7.92. The highest BCUT2D eigenvalue weighted by Gasteiger charge is 2.32. The SMILES string of the molecule is CC(C(=O)c1ccc(F)cc1)S(=O)(=O)CC1CCCO1. The Kier molecular flexibility index (Phi) is 4.55. The molecule has 1 heterocycles. The Labute approximate surface area is 117 Å². The van der Waals surface area contributed by atoms with Crippen LogP contribution in [-0.4, -0.2) is 37.9 Å². The number of Topliss-reactive ketones (excluding diaryl/α,β-unsaturated/α-hetero) is 1. The van der Waals surface area contributed by atoms with Crippen molar-refractivity contribution in [2.45, 2.75) is 31.1 Å². The number of halogens is 1. The smallest absolute Gasteiger partial charge is 0.180 e. The average molecular weight is 300 g/mol. The van der Waals surface area contributed by atoms with E-state index in [-0.39, 0.29) is 17.4 Å². The molecule has 1 aliphatic heterocycles. The zero-order valence-corrected chi connectivity index (χ0v) is 12.0. The minimum atomic E-state index is -3.57. The van der Waals surface area contributed by atoms with Gasteiger partial charge >= 0.3 is 0 Å². The number of benzene rings is 1. The normalized spacial score (nSPS) is 20.8. The highest BCUT2D eigenvalue weighted by atomic mass is 32.2. The maximum Gasteiger partial charge on any atom is 0.180 e. The van der Waals surface area contributed by atoms with Crippen LogP contribution in [0.4, 0.5) is 4.39 Å². The molecule has 20 heavy (non-hydrogen) atoms. The fraction of sp³-hybridized carbons (Fsp3) is 0.500. The molecule has 0 bridgehead atoms. The third kappa shape index (κ3) is 3.43. The zero-order valence-electron chi connectivity index (χ0n) is 11.2. The third-order valence-corrected chi connectivity index (χ3v) is 5.61. The summed E-state index contributed by atoms with van der Waals surface area (Å²) in [4.78, 5) is 12.1. The predicted molar refractivity (Wildman–Crippen MR) is 73.0 cm³/mol. The molecular weight excluding hydrogens is 283 g/mol. The lowest BCUT2D eigenvalue weighted by Crippen LogP contribution is -2.33. The van der Waals surface area contributed by atoms with Gasteiger partial charge in [-0.25, -0.2) is 12.8 Å². The Bertz CT molecular complexity index is 574. The van der Waals surface area contributed by atoms with Gasteiger partial charge in [0, 0.05) is 12.2 Å². The first-order valence-electron chi connectivity index (χ1n) is 6.53. The summed E-state index contributed by atoms with van der Waals surface area (Å²) in [5.41, 5.74) is 0.204. The Morgan fingerprint density at radius 1 is 1.40 bits per heavy atom.